The molecule has 1 atom stereocenters. The molecular formula is C17H28N6O2. The standard InChI is InChI=1S/C17H28N6O2/c1-4-18-16(19-12-17(2)5-8-25-13-17)22-6-7-23(15(24)11-22)14-9-20-21(3)10-14/h9-10H,4-8,11-13H2,1-3H3,(H,18,19). The molecule has 2 fully saturated rings. The van der Waals surface area contributed by atoms with E-state index in [1.165, 1.54) is 0 Å². The van der Waals surface area contributed by atoms with E-state index in [-0.39, 0.29) is 11.3 Å². The first-order valence-electron chi connectivity index (χ1n) is 8.91. The number of ether oxygens (including phenoxy) is 1. The van der Waals surface area contributed by atoms with Gasteiger partial charge in [-0.15, -0.1) is 0 Å². The van der Waals surface area contributed by atoms with Gasteiger partial charge in [0.25, 0.3) is 0 Å². The van der Waals surface area contributed by atoms with Crippen LogP contribution in [0.3, 0.4) is 0 Å². The van der Waals surface area contributed by atoms with Gasteiger partial charge in [0.1, 0.15) is 6.54 Å². The lowest BCUT2D eigenvalue weighted by molar-refractivity contribution is -0.120. The number of aromatic nitrogens is 2. The Balaban J connectivity index is 1.66. The largest absolute Gasteiger partial charge is 0.381 e. The molecule has 138 valence electrons. The van der Waals surface area contributed by atoms with Crippen molar-refractivity contribution in [3.63, 3.8) is 0 Å². The molecule has 1 unspecified atom stereocenters. The molecule has 3 heterocycles. The highest BCUT2D eigenvalue weighted by Crippen LogP contribution is 2.28. The number of aliphatic imine (C=N–C) groups is 1. The van der Waals surface area contributed by atoms with Gasteiger partial charge < -0.3 is 19.9 Å². The summed E-state index contributed by atoms with van der Waals surface area (Å²) in [6.07, 6.45) is 4.63. The Morgan fingerprint density at radius 2 is 2.32 bits per heavy atom. The molecule has 2 saturated heterocycles. The monoisotopic (exact) mass is 348 g/mol. The molecule has 8 heteroatoms. The molecule has 0 spiro atoms. The summed E-state index contributed by atoms with van der Waals surface area (Å²) >= 11 is 0. The predicted molar refractivity (Wildman–Crippen MR) is 96.7 cm³/mol. The number of aryl methyl sites for hydroxylation is 1. The average molecular weight is 348 g/mol. The van der Waals surface area contributed by atoms with Gasteiger partial charge in [0.2, 0.25) is 5.91 Å². The maximum atomic E-state index is 12.6. The van der Waals surface area contributed by atoms with Crippen LogP contribution >= 0.6 is 0 Å². The van der Waals surface area contributed by atoms with Gasteiger partial charge in [-0.25, -0.2) is 0 Å². The van der Waals surface area contributed by atoms with E-state index in [9.17, 15) is 4.79 Å². The molecule has 0 bridgehead atoms. The van der Waals surface area contributed by atoms with E-state index in [4.69, 9.17) is 9.73 Å². The Kier molecular flexibility index (Phi) is 5.27. The Labute approximate surface area is 148 Å². The zero-order chi connectivity index (χ0) is 17.9. The van der Waals surface area contributed by atoms with Crippen molar-refractivity contribution in [3.8, 4) is 0 Å². The van der Waals surface area contributed by atoms with Crippen LogP contribution < -0.4 is 10.2 Å². The lowest BCUT2D eigenvalue weighted by atomic mass is 9.90. The van der Waals surface area contributed by atoms with Gasteiger partial charge in [0.15, 0.2) is 5.96 Å². The number of piperazine rings is 1. The fraction of sp³-hybridized carbons (Fsp3) is 0.706. The zero-order valence-corrected chi connectivity index (χ0v) is 15.4. The molecule has 0 radical (unpaired) electrons. The number of guanidine groups is 1. The lowest BCUT2D eigenvalue weighted by Gasteiger charge is -2.35. The highest BCUT2D eigenvalue weighted by molar-refractivity contribution is 5.98. The van der Waals surface area contributed by atoms with Gasteiger partial charge in [-0.05, 0) is 13.3 Å². The van der Waals surface area contributed by atoms with Crippen LogP contribution in [0.2, 0.25) is 0 Å². The van der Waals surface area contributed by atoms with E-state index in [0.717, 1.165) is 44.4 Å². The van der Waals surface area contributed by atoms with Crippen molar-refractivity contribution in [2.24, 2.45) is 17.5 Å². The van der Waals surface area contributed by atoms with E-state index in [1.54, 1.807) is 15.8 Å². The van der Waals surface area contributed by atoms with Crippen molar-refractivity contribution < 1.29 is 9.53 Å². The zero-order valence-electron chi connectivity index (χ0n) is 15.4. The maximum absolute atomic E-state index is 12.6. The topological polar surface area (TPSA) is 75.0 Å². The van der Waals surface area contributed by atoms with Gasteiger partial charge in [-0.1, -0.05) is 6.92 Å². The molecule has 1 aromatic heterocycles. The van der Waals surface area contributed by atoms with E-state index < -0.39 is 0 Å². The molecule has 0 aromatic carbocycles. The Morgan fingerprint density at radius 3 is 2.92 bits per heavy atom. The van der Waals surface area contributed by atoms with Crippen LogP contribution in [0.5, 0.6) is 0 Å². The van der Waals surface area contributed by atoms with Crippen molar-refractivity contribution in [2.75, 3.05) is 50.8 Å². The van der Waals surface area contributed by atoms with Crippen molar-refractivity contribution in [3.05, 3.63) is 12.4 Å². The number of nitrogens with one attached hydrogen (secondary N) is 1. The molecular weight excluding hydrogens is 320 g/mol. The first kappa shape index (κ1) is 17.7. The summed E-state index contributed by atoms with van der Waals surface area (Å²) in [6.45, 7) is 9.02. The lowest BCUT2D eigenvalue weighted by Crippen LogP contribution is -2.55. The van der Waals surface area contributed by atoms with Crippen molar-refractivity contribution in [2.45, 2.75) is 20.3 Å². The van der Waals surface area contributed by atoms with E-state index >= 15 is 0 Å². The second kappa shape index (κ2) is 7.43. The summed E-state index contributed by atoms with van der Waals surface area (Å²) in [5.41, 5.74) is 0.951. The highest BCUT2D eigenvalue weighted by Gasteiger charge is 2.31. The maximum Gasteiger partial charge on any atom is 0.246 e. The van der Waals surface area contributed by atoms with Crippen LogP contribution in [0.15, 0.2) is 17.4 Å². The quantitative estimate of drug-likeness (QED) is 0.632. The minimum Gasteiger partial charge on any atom is -0.381 e. The number of amides is 1. The van der Waals surface area contributed by atoms with E-state index in [2.05, 4.69) is 17.3 Å². The highest BCUT2D eigenvalue weighted by atomic mass is 16.5. The molecule has 1 amide bonds. The van der Waals surface area contributed by atoms with Crippen LogP contribution in [0.4, 0.5) is 5.69 Å². The molecule has 25 heavy (non-hydrogen) atoms. The summed E-state index contributed by atoms with van der Waals surface area (Å²) in [5, 5.41) is 7.47. The first-order valence-corrected chi connectivity index (χ1v) is 8.91. The number of nitrogens with zero attached hydrogens (tertiary/aromatic N) is 5. The van der Waals surface area contributed by atoms with Crippen molar-refractivity contribution in [1.82, 2.24) is 20.0 Å². The van der Waals surface area contributed by atoms with Gasteiger partial charge in [-0.3, -0.25) is 14.5 Å². The number of anilines is 1. The molecule has 1 aromatic rings. The SMILES string of the molecule is CCNC(=NCC1(C)CCOC1)N1CCN(c2cnn(C)c2)C(=O)C1. The smallest absolute Gasteiger partial charge is 0.246 e. The summed E-state index contributed by atoms with van der Waals surface area (Å²) in [4.78, 5) is 21.2. The molecule has 0 aliphatic carbocycles. The van der Waals surface area contributed by atoms with Gasteiger partial charge in [-0.2, -0.15) is 5.10 Å². The fourth-order valence-corrected chi connectivity index (χ4v) is 3.20. The molecule has 3 rings (SSSR count). The fourth-order valence-electron chi connectivity index (χ4n) is 3.20. The Bertz CT molecular complexity index is 635. The van der Waals surface area contributed by atoms with Crippen LogP contribution in [0, 0.1) is 5.41 Å². The average Bonchev–Trinajstić information content (AvgIpc) is 3.20. The van der Waals surface area contributed by atoms with Gasteiger partial charge in [0.05, 0.1) is 25.0 Å². The molecule has 2 aliphatic rings. The van der Waals surface area contributed by atoms with Crippen LogP contribution in [0.1, 0.15) is 20.3 Å². The third-order valence-corrected chi connectivity index (χ3v) is 4.77. The van der Waals surface area contributed by atoms with Crippen LogP contribution in [0.25, 0.3) is 0 Å². The third-order valence-electron chi connectivity index (χ3n) is 4.77. The number of carbonyl (C=O) groups excluding carboxylic acids is 1. The van der Waals surface area contributed by atoms with Gasteiger partial charge in [0, 0.05) is 44.9 Å². The number of hydrogen-bond donors (Lipinski definition) is 1. The van der Waals surface area contributed by atoms with Gasteiger partial charge >= 0.3 is 0 Å². The molecule has 1 N–H and O–H groups in total. The Morgan fingerprint density at radius 1 is 1.48 bits per heavy atom. The second-order valence-corrected chi connectivity index (χ2v) is 7.12. The molecule has 0 saturated carbocycles. The van der Waals surface area contributed by atoms with Crippen LogP contribution in [-0.4, -0.2) is 72.5 Å². The summed E-state index contributed by atoms with van der Waals surface area (Å²) in [6, 6.07) is 0. The normalized spacial score (nSPS) is 24.9. The third kappa shape index (κ3) is 4.12. The number of carbonyl (C=O) groups is 1. The summed E-state index contributed by atoms with van der Waals surface area (Å²) in [5.74, 6) is 0.884. The molecule has 2 aliphatic heterocycles. The molecule has 8 nitrogen and oxygen atoms in total. The number of hydrogen-bond acceptors (Lipinski definition) is 4. The van der Waals surface area contributed by atoms with Crippen molar-refractivity contribution >= 4 is 17.6 Å². The minimum atomic E-state index is 0.0697. The van der Waals surface area contributed by atoms with E-state index in [0.29, 0.717) is 19.6 Å². The summed E-state index contributed by atoms with van der Waals surface area (Å²) < 4.78 is 7.22. The first-order chi connectivity index (χ1) is 12.0. The number of rotatable bonds is 4. The van der Waals surface area contributed by atoms with Crippen LogP contribution in [-0.2, 0) is 16.6 Å². The van der Waals surface area contributed by atoms with Crippen molar-refractivity contribution in [1.29, 1.82) is 0 Å². The second-order valence-electron chi connectivity index (χ2n) is 7.12. The van der Waals surface area contributed by atoms with E-state index in [1.807, 2.05) is 25.1 Å². The predicted octanol–water partition coefficient (Wildman–Crippen LogP) is 0.461. The minimum absolute atomic E-state index is 0.0697. The Hall–Kier alpha value is -2.09. The summed E-state index contributed by atoms with van der Waals surface area (Å²) in [7, 11) is 1.85.